The Morgan fingerprint density at radius 1 is 1.20 bits per heavy atom. The predicted molar refractivity (Wildman–Crippen MR) is 53.6 cm³/mol. The van der Waals surface area contributed by atoms with E-state index in [1.54, 1.807) is 0 Å². The first-order valence-corrected chi connectivity index (χ1v) is 28.9. The Bertz CT molecular complexity index is 22.4. The van der Waals surface area contributed by atoms with Gasteiger partial charge in [0.15, 0.2) is 0 Å². The van der Waals surface area contributed by atoms with Crippen LogP contribution in [0.25, 0.3) is 0 Å². The van der Waals surface area contributed by atoms with Crippen molar-refractivity contribution < 1.29 is 0 Å². The van der Waals surface area contributed by atoms with Crippen molar-refractivity contribution in [1.29, 1.82) is 0 Å². The van der Waals surface area contributed by atoms with E-state index in [1.807, 2.05) is 0 Å². The van der Waals surface area contributed by atoms with E-state index in [4.69, 9.17) is 0 Å². The van der Waals surface area contributed by atoms with Crippen LogP contribution in [0, 0.1) is 0 Å². The number of hydrogen-bond donors (Lipinski definition) is 0. The van der Waals surface area contributed by atoms with Gasteiger partial charge in [-0.15, -0.1) is 0 Å². The van der Waals surface area contributed by atoms with Crippen LogP contribution in [0.5, 0.6) is 0 Å². The van der Waals surface area contributed by atoms with Crippen molar-refractivity contribution >= 4 is 74.0 Å². The van der Waals surface area contributed by atoms with Crippen molar-refractivity contribution in [1.82, 2.24) is 0 Å². The third kappa shape index (κ3) is 18.4. The molecule has 0 aliphatic heterocycles. The summed E-state index contributed by atoms with van der Waals surface area (Å²) in [6, 6.07) is 0. The van der Waals surface area contributed by atoms with Crippen LogP contribution in [0.4, 0.5) is 0 Å². The van der Waals surface area contributed by atoms with E-state index in [-0.39, 0.29) is 0 Å². The van der Waals surface area contributed by atoms with Gasteiger partial charge in [-0.2, -0.15) is 0 Å². The fourth-order valence-electron chi connectivity index (χ4n) is 0. The maximum atomic E-state index is 2.56. The molecular weight excluding hydrogens is 506 g/mol. The molecule has 0 unspecified atom stereocenters. The zero-order valence-electron chi connectivity index (χ0n) is 2.63. The van der Waals surface area contributed by atoms with Crippen LogP contribution in [0.15, 0.2) is 0 Å². The fraction of sp³-hybridized carbons (Fsp3) is 0. The summed E-state index contributed by atoms with van der Waals surface area (Å²) in [5, 5.41) is 0. The monoisotopic (exact) mass is 508 g/mol. The van der Waals surface area contributed by atoms with Crippen LogP contribution in [0.3, 0.4) is 0 Å². The Kier molecular flexibility index (Phi) is 6.15. The van der Waals surface area contributed by atoms with Crippen LogP contribution in [-0.4, -0.2) is 18.1 Å². The molecule has 5 heavy (non-hydrogen) atoms. The van der Waals surface area contributed by atoms with Gasteiger partial charge in [-0.25, -0.2) is 0 Å². The Morgan fingerprint density at radius 3 is 1.20 bits per heavy atom. The summed E-state index contributed by atoms with van der Waals surface area (Å²) in [6.07, 6.45) is 0. The topological polar surface area (TPSA) is 0 Å². The predicted octanol–water partition coefficient (Wildman–Crippen LogP) is 1.90. The molecule has 0 nitrogen and oxygen atoms in total. The summed E-state index contributed by atoms with van der Waals surface area (Å²) in [7, 11) is 0. The van der Waals surface area contributed by atoms with Crippen molar-refractivity contribution in [2.75, 3.05) is 0 Å². The molecule has 0 atom stereocenters. The van der Waals surface area contributed by atoms with Gasteiger partial charge in [0.2, 0.25) is 0 Å². The minimum atomic E-state index is -1.27. The average Bonchev–Trinajstić information content (AvgIpc) is 0.722. The van der Waals surface area contributed by atoms with E-state index in [2.05, 4.69) is 70.2 Å². The normalized spacial score (nSPS) is 12.2. The molecular formula is I3LiSn. The molecule has 0 fully saturated rings. The molecule has 0 radical (unpaired) electrons. The second-order valence-electron chi connectivity index (χ2n) is 0.781. The van der Waals surface area contributed by atoms with E-state index < -0.39 is 3.79 Å². The SMILES string of the molecule is [Li][Sn]([I])([I])[I]. The van der Waals surface area contributed by atoms with E-state index in [0.29, 0.717) is 0 Å². The Balaban J connectivity index is 3.02. The van der Waals surface area contributed by atoms with Crippen molar-refractivity contribution in [2.24, 2.45) is 0 Å². The summed E-state index contributed by atoms with van der Waals surface area (Å²) in [5.41, 5.74) is 0. The first kappa shape index (κ1) is 8.59. The van der Waals surface area contributed by atoms with E-state index >= 15 is 0 Å². The molecule has 0 aromatic rings. The first-order valence-electron chi connectivity index (χ1n) is 1.07. The van der Waals surface area contributed by atoms with Gasteiger partial charge in [-0.05, 0) is 0 Å². The van der Waals surface area contributed by atoms with Gasteiger partial charge in [0.1, 0.15) is 0 Å². The summed E-state index contributed by atoms with van der Waals surface area (Å²) in [5.74, 6) is 0. The van der Waals surface area contributed by atoms with Crippen LogP contribution >= 0.6 is 55.9 Å². The van der Waals surface area contributed by atoms with Crippen molar-refractivity contribution in [3.8, 4) is 0 Å². The van der Waals surface area contributed by atoms with Gasteiger partial charge >= 0.3 is 74.0 Å². The van der Waals surface area contributed by atoms with Crippen LogP contribution in [0.2, 0.25) is 0 Å². The Labute approximate surface area is 71.5 Å². The summed E-state index contributed by atoms with van der Waals surface area (Å²) >= 11 is 10.0. The van der Waals surface area contributed by atoms with E-state index in [1.165, 1.54) is 0 Å². The third-order valence-electron chi connectivity index (χ3n) is 0. The van der Waals surface area contributed by atoms with Crippen LogP contribution in [0.1, 0.15) is 0 Å². The molecule has 26 valence electrons. The second kappa shape index (κ2) is 3.58. The maximum absolute atomic E-state index is 2.56. The molecule has 0 saturated heterocycles. The Hall–Kier alpha value is 3.59. The zero-order valence-corrected chi connectivity index (χ0v) is 12.0. The van der Waals surface area contributed by atoms with Gasteiger partial charge in [-0.1, -0.05) is 0 Å². The molecule has 0 spiro atoms. The van der Waals surface area contributed by atoms with Gasteiger partial charge in [0.05, 0.1) is 0 Å². The second-order valence-corrected chi connectivity index (χ2v) is 90.2. The quantitative estimate of drug-likeness (QED) is 0.348. The standard InChI is InChI=1S/3HI.Li.Sn/h3*1H;;/q;;;;+3/p-3. The van der Waals surface area contributed by atoms with Gasteiger partial charge in [0, 0.05) is 0 Å². The molecule has 0 saturated carbocycles. The Morgan fingerprint density at radius 2 is 1.20 bits per heavy atom. The first-order chi connectivity index (χ1) is 2.00. The minimum absolute atomic E-state index is 1.27. The molecule has 0 aliphatic carbocycles. The molecule has 0 bridgehead atoms. The van der Waals surface area contributed by atoms with Crippen molar-refractivity contribution in [3.63, 3.8) is 0 Å². The van der Waals surface area contributed by atoms with Crippen LogP contribution in [-0.2, 0) is 0 Å². The molecule has 0 amide bonds. The van der Waals surface area contributed by atoms with Gasteiger partial charge < -0.3 is 0 Å². The van der Waals surface area contributed by atoms with Gasteiger partial charge in [-0.3, -0.25) is 0 Å². The van der Waals surface area contributed by atoms with Gasteiger partial charge in [0.25, 0.3) is 0 Å². The molecule has 0 aromatic heterocycles. The molecule has 0 heterocycles. The number of rotatable bonds is 0. The average molecular weight is 506 g/mol. The molecule has 5 heteroatoms. The van der Waals surface area contributed by atoms with Crippen LogP contribution < -0.4 is 0 Å². The summed E-state index contributed by atoms with van der Waals surface area (Å²) in [4.78, 5) is 0. The van der Waals surface area contributed by atoms with Crippen molar-refractivity contribution in [2.45, 2.75) is 0 Å². The molecule has 0 aliphatic rings. The summed E-state index contributed by atoms with van der Waals surface area (Å²) in [6.45, 7) is 0. The number of hydrogen-bond acceptors (Lipinski definition) is 0. The molecule has 0 rings (SSSR count). The number of halogens is 3. The molecule has 0 N–H and O–H groups in total. The fourth-order valence-corrected chi connectivity index (χ4v) is 0. The molecule has 0 aromatic carbocycles. The zero-order chi connectivity index (χ0) is 4.50. The van der Waals surface area contributed by atoms with E-state index in [9.17, 15) is 0 Å². The van der Waals surface area contributed by atoms with Crippen molar-refractivity contribution in [3.05, 3.63) is 0 Å². The van der Waals surface area contributed by atoms with E-state index in [0.717, 1.165) is 0 Å². The third-order valence-corrected chi connectivity index (χ3v) is 0. The summed E-state index contributed by atoms with van der Waals surface area (Å²) < 4.78 is -1.27.